The van der Waals surface area contributed by atoms with E-state index in [0.29, 0.717) is 16.7 Å². The quantitative estimate of drug-likeness (QED) is 0.839. The predicted octanol–water partition coefficient (Wildman–Crippen LogP) is 2.24. The molecular formula is C13H15O4. The Morgan fingerprint density at radius 2 is 1.35 bits per heavy atom. The van der Waals surface area contributed by atoms with Crippen molar-refractivity contribution in [1.82, 2.24) is 0 Å². The largest absolute Gasteiger partial charge is 0.481 e. The fourth-order valence-electron chi connectivity index (χ4n) is 1.53. The van der Waals surface area contributed by atoms with Crippen LogP contribution in [0.15, 0.2) is 18.2 Å². The normalized spacial score (nSPS) is 14.1. The van der Waals surface area contributed by atoms with E-state index in [4.69, 9.17) is 10.2 Å². The van der Waals surface area contributed by atoms with Crippen molar-refractivity contribution in [3.63, 3.8) is 0 Å². The Kier molecular flexibility index (Phi) is 3.89. The van der Waals surface area contributed by atoms with Crippen LogP contribution < -0.4 is 0 Å². The van der Waals surface area contributed by atoms with Crippen molar-refractivity contribution < 1.29 is 19.8 Å². The van der Waals surface area contributed by atoms with Crippen LogP contribution in [-0.4, -0.2) is 22.2 Å². The number of aliphatic carboxylic acids is 2. The van der Waals surface area contributed by atoms with Gasteiger partial charge in [-0.3, -0.25) is 9.59 Å². The molecule has 0 aliphatic heterocycles. The highest BCUT2D eigenvalue weighted by atomic mass is 16.4. The summed E-state index contributed by atoms with van der Waals surface area (Å²) in [5.74, 6) is -3.22. The number of hydrogen-bond donors (Lipinski definition) is 2. The van der Waals surface area contributed by atoms with Gasteiger partial charge in [0.1, 0.15) is 0 Å². The minimum absolute atomic E-state index is 0.577. The van der Waals surface area contributed by atoms with Gasteiger partial charge in [0.05, 0.1) is 11.8 Å². The van der Waals surface area contributed by atoms with Crippen molar-refractivity contribution in [2.75, 3.05) is 0 Å². The molecule has 1 radical (unpaired) electrons. The lowest BCUT2D eigenvalue weighted by Crippen LogP contribution is -2.11. The molecule has 0 spiro atoms. The third kappa shape index (κ3) is 3.06. The molecule has 17 heavy (non-hydrogen) atoms. The Balaban J connectivity index is 3.19. The Morgan fingerprint density at radius 1 is 1.00 bits per heavy atom. The lowest BCUT2D eigenvalue weighted by atomic mass is 9.92. The summed E-state index contributed by atoms with van der Waals surface area (Å²) < 4.78 is 0. The Morgan fingerprint density at radius 3 is 1.65 bits per heavy atom. The van der Waals surface area contributed by atoms with Crippen molar-refractivity contribution in [2.45, 2.75) is 25.7 Å². The van der Waals surface area contributed by atoms with Gasteiger partial charge in [0.15, 0.2) is 0 Å². The van der Waals surface area contributed by atoms with Crippen LogP contribution in [0.2, 0.25) is 0 Å². The molecule has 1 aromatic rings. The molecule has 0 amide bonds. The highest BCUT2D eigenvalue weighted by Crippen LogP contribution is 2.24. The van der Waals surface area contributed by atoms with Crippen LogP contribution in [0.5, 0.6) is 0 Å². The van der Waals surface area contributed by atoms with E-state index in [1.54, 1.807) is 32.0 Å². The molecule has 1 rings (SSSR count). The number of carbonyl (C=O) groups is 2. The Labute approximate surface area is 99.9 Å². The van der Waals surface area contributed by atoms with Gasteiger partial charge in [0.2, 0.25) is 0 Å². The number of rotatable bonds is 4. The molecule has 4 heteroatoms. The van der Waals surface area contributed by atoms with Crippen molar-refractivity contribution in [2.24, 2.45) is 0 Å². The molecular weight excluding hydrogens is 220 g/mol. The fourth-order valence-corrected chi connectivity index (χ4v) is 1.53. The highest BCUT2D eigenvalue weighted by Gasteiger charge is 2.18. The monoisotopic (exact) mass is 235 g/mol. The minimum Gasteiger partial charge on any atom is -0.481 e. The summed E-state index contributed by atoms with van der Waals surface area (Å²) in [6, 6.07) is 4.94. The zero-order valence-electron chi connectivity index (χ0n) is 9.80. The fraction of sp³-hybridized carbons (Fsp3) is 0.308. The van der Waals surface area contributed by atoms with Gasteiger partial charge in [0, 0.05) is 0 Å². The molecule has 0 heterocycles. The van der Waals surface area contributed by atoms with Crippen LogP contribution in [0.3, 0.4) is 0 Å². The molecule has 0 saturated carbocycles. The summed E-state index contributed by atoms with van der Waals surface area (Å²) >= 11 is 0. The maximum atomic E-state index is 10.9. The molecule has 2 atom stereocenters. The predicted molar refractivity (Wildman–Crippen MR) is 63.0 cm³/mol. The third-order valence-electron chi connectivity index (χ3n) is 2.78. The molecule has 1 aromatic carbocycles. The van der Waals surface area contributed by atoms with Crippen LogP contribution in [0.1, 0.15) is 42.4 Å². The van der Waals surface area contributed by atoms with Gasteiger partial charge in [0.25, 0.3) is 0 Å². The molecule has 0 bridgehead atoms. The van der Waals surface area contributed by atoms with Gasteiger partial charge in [-0.05, 0) is 37.5 Å². The maximum Gasteiger partial charge on any atom is 0.310 e. The lowest BCUT2D eigenvalue weighted by Gasteiger charge is -2.13. The van der Waals surface area contributed by atoms with E-state index < -0.39 is 23.8 Å². The van der Waals surface area contributed by atoms with Gasteiger partial charge >= 0.3 is 11.9 Å². The Bertz CT molecular complexity index is 412. The van der Waals surface area contributed by atoms with Crippen LogP contribution in [0.25, 0.3) is 0 Å². The first-order chi connectivity index (χ1) is 7.82. The van der Waals surface area contributed by atoms with Crippen molar-refractivity contribution in [3.8, 4) is 0 Å². The summed E-state index contributed by atoms with van der Waals surface area (Å²) in [6.07, 6.45) is 0. The molecule has 2 unspecified atom stereocenters. The average Bonchev–Trinajstić information content (AvgIpc) is 2.25. The topological polar surface area (TPSA) is 74.6 Å². The van der Waals surface area contributed by atoms with E-state index in [0.717, 1.165) is 0 Å². The van der Waals surface area contributed by atoms with Gasteiger partial charge in [-0.2, -0.15) is 0 Å². The molecule has 0 fully saturated rings. The molecule has 0 saturated heterocycles. The number of hydrogen-bond acceptors (Lipinski definition) is 2. The third-order valence-corrected chi connectivity index (χ3v) is 2.78. The van der Waals surface area contributed by atoms with Crippen LogP contribution in [-0.2, 0) is 9.59 Å². The highest BCUT2D eigenvalue weighted by molar-refractivity contribution is 5.77. The van der Waals surface area contributed by atoms with Crippen molar-refractivity contribution in [3.05, 3.63) is 41.8 Å². The zero-order valence-corrected chi connectivity index (χ0v) is 9.80. The Hall–Kier alpha value is -1.84. The summed E-state index contributed by atoms with van der Waals surface area (Å²) in [6.45, 7) is 6.86. The first kappa shape index (κ1) is 13.2. The SMILES string of the molecule is [CH2]c1cc(C(C)C(=O)O)cc(C(C)C(=O)O)c1. The minimum atomic E-state index is -0.940. The summed E-state index contributed by atoms with van der Waals surface area (Å²) in [4.78, 5) is 21.8. The van der Waals surface area contributed by atoms with Gasteiger partial charge < -0.3 is 10.2 Å². The van der Waals surface area contributed by atoms with Gasteiger partial charge in [-0.25, -0.2) is 0 Å². The summed E-state index contributed by atoms with van der Waals surface area (Å²) in [5.41, 5.74) is 1.78. The molecule has 4 nitrogen and oxygen atoms in total. The van der Waals surface area contributed by atoms with E-state index in [9.17, 15) is 9.59 Å². The van der Waals surface area contributed by atoms with E-state index >= 15 is 0 Å². The van der Waals surface area contributed by atoms with E-state index in [2.05, 4.69) is 6.92 Å². The number of benzene rings is 1. The number of carboxylic acids is 2. The van der Waals surface area contributed by atoms with E-state index in [1.807, 2.05) is 0 Å². The summed E-state index contributed by atoms with van der Waals surface area (Å²) in [5, 5.41) is 17.9. The van der Waals surface area contributed by atoms with Crippen LogP contribution >= 0.6 is 0 Å². The van der Waals surface area contributed by atoms with Crippen molar-refractivity contribution in [1.29, 1.82) is 0 Å². The second kappa shape index (κ2) is 4.99. The smallest absolute Gasteiger partial charge is 0.310 e. The number of carboxylic acid groups (broad SMARTS) is 2. The molecule has 91 valence electrons. The van der Waals surface area contributed by atoms with Gasteiger partial charge in [-0.1, -0.05) is 18.2 Å². The molecule has 2 N–H and O–H groups in total. The molecule has 0 aromatic heterocycles. The first-order valence-electron chi connectivity index (χ1n) is 5.25. The van der Waals surface area contributed by atoms with Crippen molar-refractivity contribution >= 4 is 11.9 Å². The standard InChI is InChI=1S/C13H15O4/c1-7-4-10(8(2)12(14)15)6-11(5-7)9(3)13(16)17/h4-6,8-9H,1H2,2-3H3,(H,14,15)(H,16,17). The zero-order chi connectivity index (χ0) is 13.2. The van der Waals surface area contributed by atoms with E-state index in [-0.39, 0.29) is 0 Å². The van der Waals surface area contributed by atoms with Gasteiger partial charge in [-0.15, -0.1) is 0 Å². The van der Waals surface area contributed by atoms with Crippen LogP contribution in [0.4, 0.5) is 0 Å². The van der Waals surface area contributed by atoms with Crippen LogP contribution in [0, 0.1) is 6.92 Å². The second-order valence-electron chi connectivity index (χ2n) is 4.13. The molecule has 0 aliphatic rings. The van der Waals surface area contributed by atoms with E-state index in [1.165, 1.54) is 0 Å². The summed E-state index contributed by atoms with van der Waals surface area (Å²) in [7, 11) is 0. The maximum absolute atomic E-state index is 10.9. The first-order valence-corrected chi connectivity index (χ1v) is 5.25. The average molecular weight is 235 g/mol. The second-order valence-corrected chi connectivity index (χ2v) is 4.13. The lowest BCUT2D eigenvalue weighted by molar-refractivity contribution is -0.139. The molecule has 0 aliphatic carbocycles.